The second kappa shape index (κ2) is 9.57. The van der Waals surface area contributed by atoms with E-state index in [2.05, 4.69) is 34.4 Å². The van der Waals surface area contributed by atoms with E-state index in [0.717, 1.165) is 53.5 Å². The van der Waals surface area contributed by atoms with Crippen LogP contribution in [-0.2, 0) is 12.0 Å². The second-order valence-corrected chi connectivity index (χ2v) is 9.07. The Balaban J connectivity index is 1.52. The molecule has 7 nitrogen and oxygen atoms in total. The van der Waals surface area contributed by atoms with Crippen molar-refractivity contribution < 1.29 is 4.79 Å². The first-order valence-electron chi connectivity index (χ1n) is 11.4. The fourth-order valence-electron chi connectivity index (χ4n) is 4.45. The average Bonchev–Trinajstić information content (AvgIpc) is 2.83. The Hall–Kier alpha value is -3.48. The summed E-state index contributed by atoms with van der Waals surface area (Å²) in [6.07, 6.45) is 5.51. The zero-order valence-corrected chi connectivity index (χ0v) is 19.9. The van der Waals surface area contributed by atoms with E-state index in [1.54, 1.807) is 12.4 Å². The number of aromatic nitrogens is 3. The van der Waals surface area contributed by atoms with E-state index in [9.17, 15) is 4.79 Å². The third-order valence-electron chi connectivity index (χ3n) is 6.41. The van der Waals surface area contributed by atoms with Crippen LogP contribution in [0.3, 0.4) is 0 Å². The Labute approximate surface area is 195 Å². The Morgan fingerprint density at radius 1 is 1.12 bits per heavy atom. The first-order chi connectivity index (χ1) is 15.9. The number of nitrogens with zero attached hydrogens (tertiary/aromatic N) is 4. The lowest BCUT2D eigenvalue weighted by molar-refractivity contribution is 0.0647. The van der Waals surface area contributed by atoms with Crippen LogP contribution in [0.1, 0.15) is 52.8 Å². The molecular weight excluding hydrogens is 412 g/mol. The van der Waals surface area contributed by atoms with Crippen molar-refractivity contribution in [1.29, 1.82) is 0 Å². The van der Waals surface area contributed by atoms with E-state index in [1.807, 2.05) is 55.3 Å². The molecule has 1 aliphatic rings. The minimum absolute atomic E-state index is 0.0625. The normalized spacial score (nSPS) is 18.1. The zero-order chi connectivity index (χ0) is 23.4. The third kappa shape index (κ3) is 5.13. The van der Waals surface area contributed by atoms with Gasteiger partial charge in [0.15, 0.2) is 0 Å². The predicted molar refractivity (Wildman–Crippen MR) is 132 cm³/mol. The number of piperidine rings is 1. The number of aryl methyl sites for hydroxylation is 2. The lowest BCUT2D eigenvalue weighted by atomic mass is 9.78. The summed E-state index contributed by atoms with van der Waals surface area (Å²) in [5.74, 6) is 1.61. The van der Waals surface area contributed by atoms with E-state index in [0.29, 0.717) is 18.7 Å². The maximum Gasteiger partial charge on any atom is 0.253 e. The van der Waals surface area contributed by atoms with Crippen molar-refractivity contribution in [2.75, 3.05) is 30.8 Å². The number of hydrogen-bond donors (Lipinski definition) is 2. The third-order valence-corrected chi connectivity index (χ3v) is 6.41. The van der Waals surface area contributed by atoms with Gasteiger partial charge in [-0.2, -0.15) is 0 Å². The second-order valence-electron chi connectivity index (χ2n) is 9.07. The van der Waals surface area contributed by atoms with Crippen molar-refractivity contribution in [3.8, 4) is 0 Å². The zero-order valence-electron chi connectivity index (χ0n) is 19.9. The van der Waals surface area contributed by atoms with Gasteiger partial charge < -0.3 is 15.5 Å². The number of anilines is 2. The minimum Gasteiger partial charge on any atom is -0.381 e. The van der Waals surface area contributed by atoms with Gasteiger partial charge in [0.05, 0.1) is 5.69 Å². The van der Waals surface area contributed by atoms with Crippen LogP contribution in [0.15, 0.2) is 48.8 Å². The largest absolute Gasteiger partial charge is 0.381 e. The highest BCUT2D eigenvalue weighted by Crippen LogP contribution is 2.34. The summed E-state index contributed by atoms with van der Waals surface area (Å²) in [5.41, 5.74) is 4.72. The maximum absolute atomic E-state index is 13.5. The molecule has 0 spiro atoms. The van der Waals surface area contributed by atoms with Gasteiger partial charge in [0.2, 0.25) is 0 Å². The van der Waals surface area contributed by atoms with Crippen LogP contribution in [0, 0.1) is 13.8 Å². The van der Waals surface area contributed by atoms with Crippen LogP contribution in [0.5, 0.6) is 0 Å². The summed E-state index contributed by atoms with van der Waals surface area (Å²) in [6.45, 7) is 8.24. The number of hydrogen-bond acceptors (Lipinski definition) is 6. The molecule has 3 heterocycles. The van der Waals surface area contributed by atoms with Crippen molar-refractivity contribution in [2.45, 2.75) is 45.6 Å². The molecule has 1 fully saturated rings. The summed E-state index contributed by atoms with van der Waals surface area (Å²) in [4.78, 5) is 28.7. The van der Waals surface area contributed by atoms with Crippen molar-refractivity contribution in [1.82, 2.24) is 19.9 Å². The Bertz CT molecular complexity index is 1130. The van der Waals surface area contributed by atoms with Gasteiger partial charge in [-0.15, -0.1) is 0 Å². The van der Waals surface area contributed by atoms with E-state index < -0.39 is 0 Å². The van der Waals surface area contributed by atoms with E-state index in [4.69, 9.17) is 4.98 Å². The average molecular weight is 445 g/mol. The molecule has 1 aromatic carbocycles. The highest BCUT2D eigenvalue weighted by atomic mass is 16.2. The van der Waals surface area contributed by atoms with E-state index in [-0.39, 0.29) is 11.3 Å². The molecule has 1 amide bonds. The number of carbonyl (C=O) groups is 1. The summed E-state index contributed by atoms with van der Waals surface area (Å²) < 4.78 is 0. The molecule has 33 heavy (non-hydrogen) atoms. The Kier molecular flexibility index (Phi) is 6.58. The number of carbonyl (C=O) groups excluding carboxylic acids is 1. The highest BCUT2D eigenvalue weighted by molar-refractivity contribution is 5.95. The van der Waals surface area contributed by atoms with Crippen molar-refractivity contribution in [2.24, 2.45) is 0 Å². The van der Waals surface area contributed by atoms with Crippen LogP contribution in [0.2, 0.25) is 0 Å². The van der Waals surface area contributed by atoms with Gasteiger partial charge in [-0.1, -0.05) is 13.0 Å². The molecule has 1 atom stereocenters. The monoisotopic (exact) mass is 444 g/mol. The molecule has 7 heteroatoms. The van der Waals surface area contributed by atoms with Gasteiger partial charge >= 0.3 is 0 Å². The lowest BCUT2D eigenvalue weighted by Crippen LogP contribution is -2.47. The van der Waals surface area contributed by atoms with Crippen LogP contribution < -0.4 is 10.6 Å². The van der Waals surface area contributed by atoms with Gasteiger partial charge in [-0.25, -0.2) is 9.97 Å². The first-order valence-corrected chi connectivity index (χ1v) is 11.4. The molecule has 0 bridgehead atoms. The molecule has 0 unspecified atom stereocenters. The van der Waals surface area contributed by atoms with E-state index in [1.165, 1.54) is 0 Å². The smallest absolute Gasteiger partial charge is 0.253 e. The van der Waals surface area contributed by atoms with Crippen molar-refractivity contribution in [3.63, 3.8) is 0 Å². The molecule has 3 aromatic rings. The van der Waals surface area contributed by atoms with Crippen molar-refractivity contribution in [3.05, 3.63) is 77.0 Å². The number of pyridine rings is 1. The fraction of sp³-hybridized carbons (Fsp3) is 0.385. The van der Waals surface area contributed by atoms with Gasteiger partial charge in [-0.3, -0.25) is 9.78 Å². The fourth-order valence-corrected chi connectivity index (χ4v) is 4.45. The molecule has 172 valence electrons. The number of likely N-dealkylation sites (tertiary alicyclic amines) is 1. The number of nitrogens with one attached hydrogen (secondary N) is 2. The molecule has 2 aromatic heterocycles. The number of rotatable bonds is 6. The topological polar surface area (TPSA) is 83.0 Å². The summed E-state index contributed by atoms with van der Waals surface area (Å²) in [6, 6.07) is 11.9. The molecule has 2 N–H and O–H groups in total. The molecule has 0 saturated carbocycles. The lowest BCUT2D eigenvalue weighted by Gasteiger charge is -2.40. The minimum atomic E-state index is -0.208. The highest BCUT2D eigenvalue weighted by Gasteiger charge is 2.36. The molecule has 0 aliphatic carbocycles. The number of benzene rings is 1. The SMILES string of the molecule is CNc1cc([C@@]2(C)CCCN(C(=O)c3ccc(C)c(NCc4ccncc4)c3)C2)nc(C)n1. The maximum atomic E-state index is 13.5. The van der Waals surface area contributed by atoms with Gasteiger partial charge in [0.1, 0.15) is 11.6 Å². The van der Waals surface area contributed by atoms with Crippen LogP contribution in [0.4, 0.5) is 11.5 Å². The standard InChI is InChI=1S/C26H32N6O/c1-18-6-7-21(14-22(18)29-16-20-8-11-28-12-9-20)25(33)32-13-5-10-26(3,17-32)23-15-24(27-4)31-19(2)30-23/h6-9,11-12,14-15,29H,5,10,13,16-17H2,1-4H3,(H,27,30,31)/t26-/m0/s1. The molecule has 1 aliphatic heterocycles. The van der Waals surface area contributed by atoms with Gasteiger partial charge in [0, 0.05) is 61.8 Å². The summed E-state index contributed by atoms with van der Waals surface area (Å²) in [5, 5.41) is 6.58. The quantitative estimate of drug-likeness (QED) is 0.589. The van der Waals surface area contributed by atoms with Crippen molar-refractivity contribution >= 4 is 17.4 Å². The molecule has 4 rings (SSSR count). The Morgan fingerprint density at radius 2 is 1.91 bits per heavy atom. The predicted octanol–water partition coefficient (Wildman–Crippen LogP) is 4.34. The van der Waals surface area contributed by atoms with Gasteiger partial charge in [0.25, 0.3) is 5.91 Å². The van der Waals surface area contributed by atoms with E-state index >= 15 is 0 Å². The molecule has 0 radical (unpaired) electrons. The van der Waals surface area contributed by atoms with Crippen LogP contribution in [-0.4, -0.2) is 45.9 Å². The Morgan fingerprint density at radius 3 is 2.67 bits per heavy atom. The number of amides is 1. The summed E-state index contributed by atoms with van der Waals surface area (Å²) >= 11 is 0. The van der Waals surface area contributed by atoms with Gasteiger partial charge in [-0.05, 0) is 62.1 Å². The molecular formula is C26H32N6O. The van der Waals surface area contributed by atoms with Crippen LogP contribution >= 0.6 is 0 Å². The van der Waals surface area contributed by atoms with Crippen LogP contribution in [0.25, 0.3) is 0 Å². The molecule has 1 saturated heterocycles. The summed E-state index contributed by atoms with van der Waals surface area (Å²) in [7, 11) is 1.86. The first kappa shape index (κ1) is 22.7.